The Hall–Kier alpha value is -3.80. The van der Waals surface area contributed by atoms with E-state index in [1.54, 1.807) is 11.1 Å². The number of aromatic nitrogens is 3. The van der Waals surface area contributed by atoms with Crippen LogP contribution in [0.15, 0.2) is 36.7 Å². The third-order valence-electron chi connectivity index (χ3n) is 6.38. The molecular formula is C25H31N7O2. The van der Waals surface area contributed by atoms with E-state index in [1.807, 2.05) is 62.8 Å². The zero-order valence-electron chi connectivity index (χ0n) is 20.0. The molecular weight excluding hydrogens is 430 g/mol. The van der Waals surface area contributed by atoms with Crippen molar-refractivity contribution in [1.29, 1.82) is 5.26 Å². The van der Waals surface area contributed by atoms with Crippen LogP contribution in [0.25, 0.3) is 10.9 Å². The normalized spacial score (nSPS) is 18.3. The first-order chi connectivity index (χ1) is 16.2. The highest BCUT2D eigenvalue weighted by atomic mass is 16.4. The number of hydrogen-bond acceptors (Lipinski definition) is 6. The maximum atomic E-state index is 12.1. The Kier molecular flexibility index (Phi) is 6.33. The van der Waals surface area contributed by atoms with Gasteiger partial charge in [-0.2, -0.15) is 5.26 Å². The van der Waals surface area contributed by atoms with Crippen molar-refractivity contribution in [2.24, 2.45) is 7.05 Å². The fourth-order valence-corrected chi connectivity index (χ4v) is 4.87. The molecule has 178 valence electrons. The lowest BCUT2D eigenvalue weighted by molar-refractivity contribution is 0.0520. The molecule has 9 heteroatoms. The summed E-state index contributed by atoms with van der Waals surface area (Å²) in [5, 5.41) is 27.3. The van der Waals surface area contributed by atoms with Gasteiger partial charge >= 0.3 is 6.09 Å². The summed E-state index contributed by atoms with van der Waals surface area (Å²) in [5.41, 5.74) is 1.57. The maximum Gasteiger partial charge on any atom is 0.408 e. The second-order valence-corrected chi connectivity index (χ2v) is 9.78. The van der Waals surface area contributed by atoms with E-state index < -0.39 is 11.6 Å². The number of nitriles is 1. The molecule has 34 heavy (non-hydrogen) atoms. The number of aryl methyl sites for hydroxylation is 1. The van der Waals surface area contributed by atoms with E-state index in [1.165, 1.54) is 0 Å². The smallest absolute Gasteiger partial charge is 0.408 e. The summed E-state index contributed by atoms with van der Waals surface area (Å²) in [4.78, 5) is 22.6. The molecule has 3 N–H and O–H groups in total. The molecule has 2 heterocycles. The van der Waals surface area contributed by atoms with Crippen molar-refractivity contribution in [2.45, 2.75) is 64.1 Å². The molecule has 1 fully saturated rings. The van der Waals surface area contributed by atoms with E-state index in [4.69, 9.17) is 0 Å². The first-order valence-electron chi connectivity index (χ1n) is 11.6. The predicted octanol–water partition coefficient (Wildman–Crippen LogP) is 5.09. The first-order valence-corrected chi connectivity index (χ1v) is 11.6. The summed E-state index contributed by atoms with van der Waals surface area (Å²) in [6.45, 7) is 5.75. The highest BCUT2D eigenvalue weighted by molar-refractivity contribution is 5.94. The predicted molar refractivity (Wildman–Crippen MR) is 132 cm³/mol. The summed E-state index contributed by atoms with van der Waals surface area (Å²) < 4.78 is 2.03. The number of amides is 1. The number of rotatable bonds is 5. The van der Waals surface area contributed by atoms with Gasteiger partial charge in [-0.3, -0.25) is 4.90 Å². The summed E-state index contributed by atoms with van der Waals surface area (Å²) in [6.07, 6.45) is 6.21. The minimum absolute atomic E-state index is 0.100. The van der Waals surface area contributed by atoms with Crippen molar-refractivity contribution in [2.75, 3.05) is 10.6 Å². The molecule has 9 nitrogen and oxygen atoms in total. The number of hydrogen-bond donors (Lipinski definition) is 3. The first kappa shape index (κ1) is 23.4. The summed E-state index contributed by atoms with van der Waals surface area (Å²) in [6, 6.07) is 9.76. The van der Waals surface area contributed by atoms with Crippen LogP contribution < -0.4 is 10.6 Å². The van der Waals surface area contributed by atoms with Gasteiger partial charge in [0.05, 0.1) is 12.2 Å². The number of nitrogens with zero attached hydrogens (tertiary/aromatic N) is 5. The second-order valence-electron chi connectivity index (χ2n) is 9.78. The number of benzene rings is 1. The molecule has 2 atom stereocenters. The van der Waals surface area contributed by atoms with E-state index in [9.17, 15) is 15.2 Å². The SMILES string of the molecule is Cn1ccc2c(Nc3nc(N[C@@H]4CCCC[C@@H]4N(C(=O)O)C(C)(C)C)cnc3C#N)cccc21. The Morgan fingerprint density at radius 2 is 2.03 bits per heavy atom. The molecule has 0 spiro atoms. The average Bonchev–Trinajstić information content (AvgIpc) is 3.16. The molecule has 1 amide bonds. The average molecular weight is 462 g/mol. The van der Waals surface area contributed by atoms with Crippen molar-refractivity contribution in [3.63, 3.8) is 0 Å². The van der Waals surface area contributed by atoms with Gasteiger partial charge < -0.3 is 20.3 Å². The van der Waals surface area contributed by atoms with Gasteiger partial charge in [0.2, 0.25) is 0 Å². The van der Waals surface area contributed by atoms with E-state index in [2.05, 4.69) is 26.7 Å². The third-order valence-corrected chi connectivity index (χ3v) is 6.38. The van der Waals surface area contributed by atoms with E-state index in [-0.39, 0.29) is 17.8 Å². The highest BCUT2D eigenvalue weighted by Crippen LogP contribution is 2.32. The minimum atomic E-state index is -0.921. The maximum absolute atomic E-state index is 12.1. The topological polar surface area (TPSA) is 119 Å². The van der Waals surface area contributed by atoms with Gasteiger partial charge in [0.25, 0.3) is 0 Å². The molecule has 4 rings (SSSR count). The van der Waals surface area contributed by atoms with Gasteiger partial charge in [-0.1, -0.05) is 18.9 Å². The Morgan fingerprint density at radius 3 is 2.74 bits per heavy atom. The van der Waals surface area contributed by atoms with Crippen LogP contribution in [0.4, 0.5) is 22.1 Å². The molecule has 1 aliphatic carbocycles. The Labute approximate surface area is 199 Å². The van der Waals surface area contributed by atoms with Gasteiger partial charge in [0.15, 0.2) is 11.5 Å². The van der Waals surface area contributed by atoms with E-state index >= 15 is 0 Å². The van der Waals surface area contributed by atoms with Gasteiger partial charge in [-0.05, 0) is 51.8 Å². The molecule has 0 saturated heterocycles. The van der Waals surface area contributed by atoms with Crippen molar-refractivity contribution >= 4 is 34.3 Å². The van der Waals surface area contributed by atoms with Crippen molar-refractivity contribution in [3.8, 4) is 6.07 Å². The quantitative estimate of drug-likeness (QED) is 0.484. The molecule has 0 radical (unpaired) electrons. The molecule has 1 saturated carbocycles. The molecule has 1 aromatic carbocycles. The van der Waals surface area contributed by atoms with Gasteiger partial charge in [0.1, 0.15) is 11.9 Å². The Morgan fingerprint density at radius 1 is 1.26 bits per heavy atom. The van der Waals surface area contributed by atoms with E-state index in [0.29, 0.717) is 11.6 Å². The van der Waals surface area contributed by atoms with Crippen molar-refractivity contribution < 1.29 is 9.90 Å². The van der Waals surface area contributed by atoms with Crippen LogP contribution in [0.1, 0.15) is 52.1 Å². The summed E-state index contributed by atoms with van der Waals surface area (Å²) >= 11 is 0. The summed E-state index contributed by atoms with van der Waals surface area (Å²) in [5.74, 6) is 0.875. The minimum Gasteiger partial charge on any atom is -0.465 e. The number of nitrogens with one attached hydrogen (secondary N) is 2. The fraction of sp³-hybridized carbons (Fsp3) is 0.440. The molecule has 2 aromatic heterocycles. The molecule has 3 aromatic rings. The highest BCUT2D eigenvalue weighted by Gasteiger charge is 2.39. The fourth-order valence-electron chi connectivity index (χ4n) is 4.87. The number of fused-ring (bicyclic) bond motifs is 1. The number of anilines is 3. The van der Waals surface area contributed by atoms with Crippen molar-refractivity contribution in [3.05, 3.63) is 42.4 Å². The lowest BCUT2D eigenvalue weighted by Crippen LogP contribution is -2.58. The van der Waals surface area contributed by atoms with Crippen LogP contribution in [0.2, 0.25) is 0 Å². The van der Waals surface area contributed by atoms with Gasteiger partial charge in [-0.25, -0.2) is 14.8 Å². The standard InChI is InChI=1S/C25H31N7O2/c1-25(2,3)32(24(33)34)21-10-6-5-8-18(21)28-22-15-27-19(14-26)23(30-22)29-17-9-7-11-20-16(17)12-13-31(20)4/h7,9,11-13,15,18,21H,5-6,8,10H2,1-4H3,(H,33,34)(H2,28,29,30)/t18-,21+/m1/s1. The lowest BCUT2D eigenvalue weighted by atomic mass is 9.87. The van der Waals surface area contributed by atoms with Crippen LogP contribution in [0.5, 0.6) is 0 Å². The monoisotopic (exact) mass is 461 g/mol. The van der Waals surface area contributed by atoms with Crippen LogP contribution in [-0.2, 0) is 7.05 Å². The van der Waals surface area contributed by atoms with Crippen LogP contribution >= 0.6 is 0 Å². The molecule has 1 aliphatic rings. The lowest BCUT2D eigenvalue weighted by Gasteiger charge is -2.45. The number of carbonyl (C=O) groups is 1. The molecule has 0 bridgehead atoms. The number of carboxylic acid groups (broad SMARTS) is 1. The van der Waals surface area contributed by atoms with Crippen LogP contribution in [0, 0.1) is 11.3 Å². The third kappa shape index (κ3) is 4.62. The zero-order chi connectivity index (χ0) is 24.5. The van der Waals surface area contributed by atoms with Gasteiger partial charge in [0, 0.05) is 41.4 Å². The zero-order valence-corrected chi connectivity index (χ0v) is 20.0. The Bertz CT molecular complexity index is 1240. The van der Waals surface area contributed by atoms with Crippen LogP contribution in [-0.4, -0.2) is 48.3 Å². The van der Waals surface area contributed by atoms with Crippen LogP contribution in [0.3, 0.4) is 0 Å². The Balaban J connectivity index is 1.63. The summed E-state index contributed by atoms with van der Waals surface area (Å²) in [7, 11) is 1.98. The van der Waals surface area contributed by atoms with E-state index in [0.717, 1.165) is 42.3 Å². The molecule has 0 aliphatic heterocycles. The second kappa shape index (κ2) is 9.21. The van der Waals surface area contributed by atoms with Crippen molar-refractivity contribution in [1.82, 2.24) is 19.4 Å². The van der Waals surface area contributed by atoms with Gasteiger partial charge in [-0.15, -0.1) is 0 Å². The molecule has 0 unspecified atom stereocenters. The largest absolute Gasteiger partial charge is 0.465 e.